The van der Waals surface area contributed by atoms with Gasteiger partial charge in [0.2, 0.25) is 5.91 Å². The minimum Gasteiger partial charge on any atom is -0.453 e. The minimum absolute atomic E-state index is 0.106. The van der Waals surface area contributed by atoms with Crippen LogP contribution in [-0.4, -0.2) is 78.1 Å². The van der Waals surface area contributed by atoms with Crippen molar-refractivity contribution in [1.82, 2.24) is 19.7 Å². The Balaban J connectivity index is 1.71. The average Bonchev–Trinajstić information content (AvgIpc) is 3.16. The standard InChI is InChI=1S/C17H24N4O3/c1-24-17(23)21-11-9-20(10-12-21)16(22)15(19-7-2-3-8-19)14-5-4-6-18-13-14/h4-6,13,15H,2-3,7-12H2,1H3/t15-/m1/s1. The first-order valence-electron chi connectivity index (χ1n) is 8.46. The number of methoxy groups -OCH3 is 1. The maximum absolute atomic E-state index is 13.2. The van der Waals surface area contributed by atoms with Gasteiger partial charge < -0.3 is 14.5 Å². The maximum atomic E-state index is 13.2. The second-order valence-electron chi connectivity index (χ2n) is 6.21. The van der Waals surface area contributed by atoms with Crippen LogP contribution in [0.15, 0.2) is 24.5 Å². The van der Waals surface area contributed by atoms with Crippen LogP contribution in [0, 0.1) is 0 Å². The molecule has 1 aromatic rings. The number of carbonyl (C=O) groups excluding carboxylic acids is 2. The fourth-order valence-electron chi connectivity index (χ4n) is 3.46. The summed E-state index contributed by atoms with van der Waals surface area (Å²) in [6, 6.07) is 3.57. The van der Waals surface area contributed by atoms with E-state index in [1.54, 1.807) is 17.3 Å². The molecule has 0 unspecified atom stereocenters. The van der Waals surface area contributed by atoms with E-state index in [1.807, 2.05) is 17.0 Å². The van der Waals surface area contributed by atoms with E-state index >= 15 is 0 Å². The molecule has 2 amide bonds. The molecule has 3 heterocycles. The van der Waals surface area contributed by atoms with E-state index in [4.69, 9.17) is 4.74 Å². The number of aromatic nitrogens is 1. The minimum atomic E-state index is -0.328. The average molecular weight is 332 g/mol. The van der Waals surface area contributed by atoms with Crippen LogP contribution in [0.2, 0.25) is 0 Å². The molecule has 130 valence electrons. The number of hydrogen-bond donors (Lipinski definition) is 0. The molecule has 7 heteroatoms. The molecule has 1 aromatic heterocycles. The first kappa shape index (κ1) is 16.7. The second kappa shape index (κ2) is 7.61. The lowest BCUT2D eigenvalue weighted by atomic mass is 10.1. The fourth-order valence-corrected chi connectivity index (χ4v) is 3.46. The van der Waals surface area contributed by atoms with E-state index in [0.29, 0.717) is 26.2 Å². The molecule has 0 radical (unpaired) electrons. The van der Waals surface area contributed by atoms with Crippen LogP contribution in [0.5, 0.6) is 0 Å². The van der Waals surface area contributed by atoms with Crippen molar-refractivity contribution in [3.05, 3.63) is 30.1 Å². The zero-order chi connectivity index (χ0) is 16.9. The van der Waals surface area contributed by atoms with Crippen LogP contribution in [0.25, 0.3) is 0 Å². The molecule has 7 nitrogen and oxygen atoms in total. The molecule has 0 saturated carbocycles. The van der Waals surface area contributed by atoms with Crippen molar-refractivity contribution in [2.45, 2.75) is 18.9 Å². The highest BCUT2D eigenvalue weighted by Crippen LogP contribution is 2.27. The Morgan fingerprint density at radius 3 is 2.33 bits per heavy atom. The molecule has 3 rings (SSSR count). The van der Waals surface area contributed by atoms with E-state index in [1.165, 1.54) is 7.11 Å². The number of piperazine rings is 1. The van der Waals surface area contributed by atoms with Crippen molar-refractivity contribution in [1.29, 1.82) is 0 Å². The Hall–Kier alpha value is -2.15. The van der Waals surface area contributed by atoms with Gasteiger partial charge in [0.05, 0.1) is 7.11 Å². The lowest BCUT2D eigenvalue weighted by Crippen LogP contribution is -2.53. The topological polar surface area (TPSA) is 66.0 Å². The Bertz CT molecular complexity index is 566. The summed E-state index contributed by atoms with van der Waals surface area (Å²) in [5.41, 5.74) is 0.944. The molecule has 1 atom stereocenters. The summed E-state index contributed by atoms with van der Waals surface area (Å²) < 4.78 is 4.75. The number of amides is 2. The third-order valence-electron chi connectivity index (χ3n) is 4.76. The molecule has 2 aliphatic heterocycles. The molecule has 0 aromatic carbocycles. The molecule has 2 saturated heterocycles. The van der Waals surface area contributed by atoms with Crippen molar-refractivity contribution < 1.29 is 14.3 Å². The highest BCUT2D eigenvalue weighted by atomic mass is 16.5. The molecule has 2 aliphatic rings. The smallest absolute Gasteiger partial charge is 0.409 e. The van der Waals surface area contributed by atoms with Crippen molar-refractivity contribution in [2.75, 3.05) is 46.4 Å². The first-order chi connectivity index (χ1) is 11.7. The van der Waals surface area contributed by atoms with Crippen LogP contribution in [0.1, 0.15) is 24.4 Å². The predicted octanol–water partition coefficient (Wildman–Crippen LogP) is 1.13. The molecule has 0 N–H and O–H groups in total. The molecule has 0 bridgehead atoms. The third-order valence-corrected chi connectivity index (χ3v) is 4.76. The van der Waals surface area contributed by atoms with Gasteiger partial charge in [0.15, 0.2) is 0 Å². The van der Waals surface area contributed by atoms with Crippen molar-refractivity contribution in [3.8, 4) is 0 Å². The molecule has 2 fully saturated rings. The number of likely N-dealkylation sites (tertiary alicyclic amines) is 1. The highest BCUT2D eigenvalue weighted by molar-refractivity contribution is 5.83. The van der Waals surface area contributed by atoms with Gasteiger partial charge in [-0.1, -0.05) is 6.07 Å². The van der Waals surface area contributed by atoms with E-state index < -0.39 is 0 Å². The van der Waals surface area contributed by atoms with Gasteiger partial charge in [0, 0.05) is 38.6 Å². The monoisotopic (exact) mass is 332 g/mol. The Labute approximate surface area is 142 Å². The molecule has 24 heavy (non-hydrogen) atoms. The van der Waals surface area contributed by atoms with Crippen LogP contribution >= 0.6 is 0 Å². The summed E-state index contributed by atoms with van der Waals surface area (Å²) in [7, 11) is 1.38. The number of nitrogens with zero attached hydrogens (tertiary/aromatic N) is 4. The predicted molar refractivity (Wildman–Crippen MR) is 88.3 cm³/mol. The Kier molecular flexibility index (Phi) is 5.30. The fraction of sp³-hybridized carbons (Fsp3) is 0.588. The van der Waals surface area contributed by atoms with E-state index in [-0.39, 0.29) is 18.0 Å². The number of ether oxygens (including phenoxy) is 1. The molecule has 0 spiro atoms. The lowest BCUT2D eigenvalue weighted by molar-refractivity contribution is -0.138. The van der Waals surface area contributed by atoms with Gasteiger partial charge in [0.25, 0.3) is 0 Å². The third kappa shape index (κ3) is 3.51. The van der Waals surface area contributed by atoms with Crippen LogP contribution in [-0.2, 0) is 9.53 Å². The molecular formula is C17H24N4O3. The summed E-state index contributed by atoms with van der Waals surface area (Å²) in [4.78, 5) is 34.7. The SMILES string of the molecule is COC(=O)N1CCN(C(=O)[C@@H](c2cccnc2)N2CCCC2)CC1. The molecular weight excluding hydrogens is 308 g/mol. The lowest BCUT2D eigenvalue weighted by Gasteiger charge is -2.37. The number of hydrogen-bond acceptors (Lipinski definition) is 5. The summed E-state index contributed by atoms with van der Waals surface area (Å²) in [5, 5.41) is 0. The highest BCUT2D eigenvalue weighted by Gasteiger charge is 2.34. The van der Waals surface area contributed by atoms with Gasteiger partial charge in [-0.3, -0.25) is 14.7 Å². The van der Waals surface area contributed by atoms with E-state index in [0.717, 1.165) is 31.5 Å². The maximum Gasteiger partial charge on any atom is 0.409 e. The zero-order valence-corrected chi connectivity index (χ0v) is 14.1. The van der Waals surface area contributed by atoms with E-state index in [2.05, 4.69) is 9.88 Å². The second-order valence-corrected chi connectivity index (χ2v) is 6.21. The number of pyridine rings is 1. The quantitative estimate of drug-likeness (QED) is 0.830. The van der Waals surface area contributed by atoms with Crippen molar-refractivity contribution >= 4 is 12.0 Å². The summed E-state index contributed by atoms with van der Waals surface area (Å²) in [6.07, 6.45) is 5.43. The van der Waals surface area contributed by atoms with Crippen LogP contribution < -0.4 is 0 Å². The summed E-state index contributed by atoms with van der Waals surface area (Å²) >= 11 is 0. The van der Waals surface area contributed by atoms with Crippen LogP contribution in [0.4, 0.5) is 4.79 Å². The van der Waals surface area contributed by atoms with Gasteiger partial charge in [-0.05, 0) is 37.6 Å². The van der Waals surface area contributed by atoms with Gasteiger partial charge in [-0.15, -0.1) is 0 Å². The zero-order valence-electron chi connectivity index (χ0n) is 14.1. The van der Waals surface area contributed by atoms with E-state index in [9.17, 15) is 9.59 Å². The van der Waals surface area contributed by atoms with Gasteiger partial charge in [0.1, 0.15) is 6.04 Å². The van der Waals surface area contributed by atoms with Crippen molar-refractivity contribution in [2.24, 2.45) is 0 Å². The number of rotatable bonds is 3. The summed E-state index contributed by atoms with van der Waals surface area (Å²) in [6.45, 7) is 3.98. The normalized spacial score (nSPS) is 20.0. The van der Waals surface area contributed by atoms with Crippen molar-refractivity contribution in [3.63, 3.8) is 0 Å². The summed E-state index contributed by atoms with van der Waals surface area (Å²) in [5.74, 6) is 0.106. The van der Waals surface area contributed by atoms with Crippen LogP contribution in [0.3, 0.4) is 0 Å². The first-order valence-corrected chi connectivity index (χ1v) is 8.46. The largest absolute Gasteiger partial charge is 0.453 e. The van der Waals surface area contributed by atoms with Gasteiger partial charge in [-0.2, -0.15) is 0 Å². The van der Waals surface area contributed by atoms with Gasteiger partial charge in [-0.25, -0.2) is 4.79 Å². The number of carbonyl (C=O) groups is 2. The molecule has 0 aliphatic carbocycles. The Morgan fingerprint density at radius 1 is 1.08 bits per heavy atom. The van der Waals surface area contributed by atoms with Gasteiger partial charge >= 0.3 is 6.09 Å². The Morgan fingerprint density at radius 2 is 1.75 bits per heavy atom.